The standard InChI is InChI=1S/C13H9N7/c14-11-9-6-10-13(18-19-17-10)16-12(9)15-7-20(11)8-4-2-1-3-5-8/h1-7H,14H2. The van der Waals surface area contributed by atoms with Crippen LogP contribution in [0.1, 0.15) is 0 Å². The van der Waals surface area contributed by atoms with Gasteiger partial charge in [-0.3, -0.25) is 4.57 Å². The molecule has 0 saturated heterocycles. The van der Waals surface area contributed by atoms with Gasteiger partial charge in [0.25, 0.3) is 0 Å². The van der Waals surface area contributed by atoms with Gasteiger partial charge in [0.05, 0.1) is 5.39 Å². The Morgan fingerprint density at radius 3 is 2.70 bits per heavy atom. The van der Waals surface area contributed by atoms with Gasteiger partial charge in [-0.05, 0) is 23.4 Å². The smallest absolute Gasteiger partial charge is 0.206 e. The van der Waals surface area contributed by atoms with Crippen LogP contribution in [0.5, 0.6) is 0 Å². The zero-order valence-electron chi connectivity index (χ0n) is 10.3. The second kappa shape index (κ2) is 3.95. The van der Waals surface area contributed by atoms with Crippen molar-refractivity contribution in [1.29, 1.82) is 0 Å². The van der Waals surface area contributed by atoms with Gasteiger partial charge >= 0.3 is 0 Å². The summed E-state index contributed by atoms with van der Waals surface area (Å²) in [6.07, 6.45) is 1.65. The van der Waals surface area contributed by atoms with Crippen LogP contribution in [-0.4, -0.2) is 29.9 Å². The molecule has 0 aliphatic carbocycles. The van der Waals surface area contributed by atoms with E-state index >= 15 is 0 Å². The van der Waals surface area contributed by atoms with Crippen molar-refractivity contribution in [2.24, 2.45) is 0 Å². The molecule has 0 bridgehead atoms. The summed E-state index contributed by atoms with van der Waals surface area (Å²) in [7, 11) is 0. The molecule has 1 aromatic carbocycles. The van der Waals surface area contributed by atoms with Crippen molar-refractivity contribution in [3.63, 3.8) is 0 Å². The van der Waals surface area contributed by atoms with Crippen LogP contribution in [0.2, 0.25) is 0 Å². The SMILES string of the molecule is Nc1c2cc3nnnc3nc2ncn1-c1ccccc1. The van der Waals surface area contributed by atoms with Gasteiger partial charge < -0.3 is 5.73 Å². The number of pyridine rings is 1. The molecule has 3 heterocycles. The predicted molar refractivity (Wildman–Crippen MR) is 74.2 cm³/mol. The van der Waals surface area contributed by atoms with E-state index in [2.05, 4.69) is 25.4 Å². The van der Waals surface area contributed by atoms with Crippen LogP contribution in [0, 0.1) is 0 Å². The summed E-state index contributed by atoms with van der Waals surface area (Å²) >= 11 is 0. The van der Waals surface area contributed by atoms with E-state index < -0.39 is 0 Å². The number of para-hydroxylation sites is 1. The summed E-state index contributed by atoms with van der Waals surface area (Å²) in [6.45, 7) is 0. The lowest BCUT2D eigenvalue weighted by Gasteiger charge is -2.11. The van der Waals surface area contributed by atoms with Gasteiger partial charge in [0.1, 0.15) is 17.7 Å². The maximum atomic E-state index is 6.23. The number of nitrogen functional groups attached to an aromatic ring is 1. The summed E-state index contributed by atoms with van der Waals surface area (Å²) in [4.78, 5) is 8.62. The molecule has 0 spiro atoms. The van der Waals surface area contributed by atoms with Crippen molar-refractivity contribution in [2.75, 3.05) is 5.73 Å². The Bertz CT molecular complexity index is 914. The van der Waals surface area contributed by atoms with Gasteiger partial charge in [-0.15, -0.1) is 10.2 Å². The van der Waals surface area contributed by atoms with Crippen molar-refractivity contribution in [3.05, 3.63) is 42.7 Å². The van der Waals surface area contributed by atoms with Gasteiger partial charge in [-0.2, -0.15) is 0 Å². The normalized spacial score (nSPS) is 11.2. The Kier molecular flexibility index (Phi) is 2.13. The van der Waals surface area contributed by atoms with E-state index in [9.17, 15) is 0 Å². The van der Waals surface area contributed by atoms with Crippen LogP contribution in [0.4, 0.5) is 5.82 Å². The number of hydrogen-bond acceptors (Lipinski definition) is 6. The van der Waals surface area contributed by atoms with Crippen molar-refractivity contribution in [2.45, 2.75) is 0 Å². The van der Waals surface area contributed by atoms with Crippen molar-refractivity contribution in [1.82, 2.24) is 29.9 Å². The third-order valence-electron chi connectivity index (χ3n) is 3.12. The average Bonchev–Trinajstić information content (AvgIpc) is 2.94. The Morgan fingerprint density at radius 1 is 1.00 bits per heavy atom. The number of hydrogen-bond donors (Lipinski definition) is 1. The molecule has 0 aliphatic rings. The number of aromatic nitrogens is 6. The van der Waals surface area contributed by atoms with Gasteiger partial charge in [-0.1, -0.05) is 18.2 Å². The number of nitrogens with two attached hydrogens (primary N) is 1. The first kappa shape index (κ1) is 10.8. The zero-order valence-corrected chi connectivity index (χ0v) is 10.3. The fourth-order valence-electron chi connectivity index (χ4n) is 2.13. The highest BCUT2D eigenvalue weighted by Gasteiger charge is 2.10. The number of nitrogens with zero attached hydrogens (tertiary/aromatic N) is 6. The Hall–Kier alpha value is -3.09. The minimum atomic E-state index is 0.474. The van der Waals surface area contributed by atoms with E-state index in [1.807, 2.05) is 30.3 Å². The lowest BCUT2D eigenvalue weighted by Crippen LogP contribution is -2.06. The minimum absolute atomic E-state index is 0.474. The van der Waals surface area contributed by atoms with E-state index in [4.69, 9.17) is 5.73 Å². The molecule has 0 unspecified atom stereocenters. The third-order valence-corrected chi connectivity index (χ3v) is 3.12. The molecule has 7 nitrogen and oxygen atoms in total. The van der Waals surface area contributed by atoms with Gasteiger partial charge in [0.15, 0.2) is 5.65 Å². The summed E-state index contributed by atoms with van der Waals surface area (Å²) in [5.74, 6) is 0.554. The maximum Gasteiger partial charge on any atom is 0.206 e. The first-order valence-corrected chi connectivity index (χ1v) is 6.01. The molecule has 0 radical (unpaired) electrons. The maximum absolute atomic E-state index is 6.23. The molecule has 0 amide bonds. The molecule has 0 fully saturated rings. The highest BCUT2D eigenvalue weighted by molar-refractivity contribution is 5.93. The summed E-state index contributed by atoms with van der Waals surface area (Å²) in [5, 5.41) is 12.0. The van der Waals surface area contributed by atoms with Crippen LogP contribution in [0.3, 0.4) is 0 Å². The van der Waals surface area contributed by atoms with E-state index in [1.54, 1.807) is 17.0 Å². The van der Waals surface area contributed by atoms with Gasteiger partial charge in [0.2, 0.25) is 5.65 Å². The monoisotopic (exact) mass is 263 g/mol. The minimum Gasteiger partial charge on any atom is -0.384 e. The molecule has 7 heteroatoms. The first-order valence-electron chi connectivity index (χ1n) is 6.01. The first-order chi connectivity index (χ1) is 9.83. The molecular formula is C13H9N7. The fraction of sp³-hybridized carbons (Fsp3) is 0. The van der Waals surface area contributed by atoms with E-state index in [-0.39, 0.29) is 0 Å². The van der Waals surface area contributed by atoms with Crippen molar-refractivity contribution in [3.8, 4) is 5.69 Å². The summed E-state index contributed by atoms with van der Waals surface area (Å²) < 4.78 is 1.81. The van der Waals surface area contributed by atoms with Gasteiger partial charge in [0, 0.05) is 5.69 Å². The Balaban J connectivity index is 2.05. The molecule has 0 aliphatic heterocycles. The van der Waals surface area contributed by atoms with E-state index in [1.165, 1.54) is 0 Å². The molecule has 0 atom stereocenters. The topological polar surface area (TPSA) is 95.4 Å². The Labute approximate surface area is 113 Å². The van der Waals surface area contributed by atoms with Crippen LogP contribution in [0.15, 0.2) is 42.7 Å². The molecule has 3 aromatic heterocycles. The van der Waals surface area contributed by atoms with Gasteiger partial charge in [-0.25, -0.2) is 9.97 Å². The zero-order chi connectivity index (χ0) is 13.5. The van der Waals surface area contributed by atoms with Crippen LogP contribution >= 0.6 is 0 Å². The highest BCUT2D eigenvalue weighted by atomic mass is 15.3. The predicted octanol–water partition coefficient (Wildman–Crippen LogP) is 1.34. The second-order valence-corrected chi connectivity index (χ2v) is 4.33. The molecule has 4 rings (SSSR count). The number of fused-ring (bicyclic) bond motifs is 2. The van der Waals surface area contributed by atoms with Crippen LogP contribution in [0.25, 0.3) is 27.9 Å². The van der Waals surface area contributed by atoms with Crippen molar-refractivity contribution >= 4 is 28.0 Å². The van der Waals surface area contributed by atoms with Crippen molar-refractivity contribution < 1.29 is 0 Å². The lowest BCUT2D eigenvalue weighted by atomic mass is 10.2. The fourth-order valence-corrected chi connectivity index (χ4v) is 2.13. The molecule has 96 valence electrons. The summed E-state index contributed by atoms with van der Waals surface area (Å²) in [5.41, 5.74) is 8.78. The van der Waals surface area contributed by atoms with Crippen LogP contribution in [-0.2, 0) is 0 Å². The number of benzene rings is 1. The largest absolute Gasteiger partial charge is 0.384 e. The molecule has 0 saturated carbocycles. The van der Waals surface area contributed by atoms with Crippen LogP contribution < -0.4 is 5.73 Å². The average molecular weight is 263 g/mol. The van der Waals surface area contributed by atoms with E-state index in [0.29, 0.717) is 22.6 Å². The number of anilines is 1. The quantitative estimate of drug-likeness (QED) is 0.556. The molecule has 4 aromatic rings. The Morgan fingerprint density at radius 2 is 1.85 bits per heavy atom. The summed E-state index contributed by atoms with van der Waals surface area (Å²) in [6, 6.07) is 11.6. The third kappa shape index (κ3) is 1.50. The lowest BCUT2D eigenvalue weighted by molar-refractivity contribution is 0.954. The molecular weight excluding hydrogens is 254 g/mol. The number of rotatable bonds is 1. The van der Waals surface area contributed by atoms with E-state index in [0.717, 1.165) is 11.1 Å². The second-order valence-electron chi connectivity index (χ2n) is 4.33. The molecule has 20 heavy (non-hydrogen) atoms. The molecule has 2 N–H and O–H groups in total. The highest BCUT2D eigenvalue weighted by Crippen LogP contribution is 2.23.